The van der Waals surface area contributed by atoms with Crippen molar-refractivity contribution in [3.63, 3.8) is 0 Å². The summed E-state index contributed by atoms with van der Waals surface area (Å²) in [7, 11) is 1.91. The van der Waals surface area contributed by atoms with Crippen molar-refractivity contribution < 1.29 is 9.53 Å². The molecular formula is C14H26N2O2. The van der Waals surface area contributed by atoms with Crippen molar-refractivity contribution in [1.29, 1.82) is 0 Å². The predicted octanol–water partition coefficient (Wildman–Crippen LogP) is 1.39. The number of hydrogen-bond donors (Lipinski definition) is 1. The van der Waals surface area contributed by atoms with Crippen LogP contribution in [0.2, 0.25) is 0 Å². The van der Waals surface area contributed by atoms with Crippen molar-refractivity contribution >= 4 is 5.91 Å². The first kappa shape index (κ1) is 13.8. The number of carbonyl (C=O) groups is 1. The van der Waals surface area contributed by atoms with Crippen molar-refractivity contribution in [3.05, 3.63) is 0 Å². The maximum absolute atomic E-state index is 12.6. The van der Waals surface area contributed by atoms with Gasteiger partial charge in [-0.3, -0.25) is 4.79 Å². The molecule has 4 heteroatoms. The van der Waals surface area contributed by atoms with E-state index in [0.29, 0.717) is 5.92 Å². The second-order valence-corrected chi connectivity index (χ2v) is 6.19. The van der Waals surface area contributed by atoms with E-state index >= 15 is 0 Å². The fourth-order valence-corrected chi connectivity index (χ4v) is 3.32. The lowest BCUT2D eigenvalue weighted by Crippen LogP contribution is -2.49. The summed E-state index contributed by atoms with van der Waals surface area (Å²) in [6.45, 7) is 4.50. The molecular weight excluding hydrogens is 228 g/mol. The van der Waals surface area contributed by atoms with Gasteiger partial charge in [-0.2, -0.15) is 0 Å². The van der Waals surface area contributed by atoms with Crippen LogP contribution in [-0.2, 0) is 9.53 Å². The molecule has 0 aromatic carbocycles. The zero-order valence-corrected chi connectivity index (χ0v) is 11.7. The molecule has 1 saturated carbocycles. The Balaban J connectivity index is 1.91. The number of nitrogens with zero attached hydrogens (tertiary/aromatic N) is 1. The van der Waals surface area contributed by atoms with Crippen LogP contribution < -0.4 is 5.73 Å². The number of amides is 1. The summed E-state index contributed by atoms with van der Waals surface area (Å²) in [5, 5.41) is 0. The van der Waals surface area contributed by atoms with Crippen molar-refractivity contribution in [3.8, 4) is 0 Å². The number of nitrogens with two attached hydrogens (primary N) is 1. The highest BCUT2D eigenvalue weighted by Gasteiger charge is 2.44. The lowest BCUT2D eigenvalue weighted by atomic mass is 9.83. The quantitative estimate of drug-likeness (QED) is 0.828. The van der Waals surface area contributed by atoms with Crippen LogP contribution in [-0.4, -0.2) is 43.7 Å². The van der Waals surface area contributed by atoms with Gasteiger partial charge in [0.1, 0.15) is 0 Å². The van der Waals surface area contributed by atoms with Crippen LogP contribution in [0.3, 0.4) is 0 Å². The molecule has 1 aliphatic carbocycles. The minimum atomic E-state index is -0.343. The van der Waals surface area contributed by atoms with E-state index in [1.165, 1.54) is 6.42 Å². The lowest BCUT2D eigenvalue weighted by Gasteiger charge is -2.35. The smallest absolute Gasteiger partial charge is 0.229 e. The number of carbonyl (C=O) groups excluding carboxylic acids is 1. The first-order chi connectivity index (χ1) is 8.54. The molecule has 0 aromatic heterocycles. The van der Waals surface area contributed by atoms with Crippen LogP contribution in [0.4, 0.5) is 0 Å². The van der Waals surface area contributed by atoms with Gasteiger partial charge in [0.25, 0.3) is 0 Å². The van der Waals surface area contributed by atoms with E-state index in [-0.39, 0.29) is 17.4 Å². The molecule has 2 aliphatic rings. The van der Waals surface area contributed by atoms with Crippen molar-refractivity contribution in [2.24, 2.45) is 17.1 Å². The third kappa shape index (κ3) is 2.69. The molecule has 4 nitrogen and oxygen atoms in total. The second-order valence-electron chi connectivity index (χ2n) is 6.19. The van der Waals surface area contributed by atoms with Gasteiger partial charge in [0.15, 0.2) is 0 Å². The second kappa shape index (κ2) is 5.57. The molecule has 2 rings (SSSR count). The topological polar surface area (TPSA) is 55.6 Å². The first-order valence-corrected chi connectivity index (χ1v) is 7.13. The number of rotatable bonds is 3. The Labute approximate surface area is 110 Å². The predicted molar refractivity (Wildman–Crippen MR) is 71.1 cm³/mol. The summed E-state index contributed by atoms with van der Waals surface area (Å²) in [6.07, 6.45) is 5.26. The summed E-state index contributed by atoms with van der Waals surface area (Å²) in [5.41, 5.74) is 5.77. The highest BCUT2D eigenvalue weighted by Crippen LogP contribution is 2.38. The average molecular weight is 254 g/mol. The highest BCUT2D eigenvalue weighted by atomic mass is 16.5. The summed E-state index contributed by atoms with van der Waals surface area (Å²) in [4.78, 5) is 14.4. The van der Waals surface area contributed by atoms with E-state index in [1.54, 1.807) is 0 Å². The van der Waals surface area contributed by atoms with Crippen LogP contribution in [0.5, 0.6) is 0 Å². The molecule has 2 fully saturated rings. The maximum Gasteiger partial charge on any atom is 0.229 e. The van der Waals surface area contributed by atoms with Crippen LogP contribution >= 0.6 is 0 Å². The molecule has 1 aliphatic heterocycles. The first-order valence-electron chi connectivity index (χ1n) is 7.13. The van der Waals surface area contributed by atoms with Gasteiger partial charge in [0, 0.05) is 26.2 Å². The lowest BCUT2D eigenvalue weighted by molar-refractivity contribution is -0.141. The van der Waals surface area contributed by atoms with Crippen molar-refractivity contribution in [2.45, 2.75) is 45.1 Å². The Morgan fingerprint density at radius 2 is 2.22 bits per heavy atom. The molecule has 3 unspecified atom stereocenters. The Hall–Kier alpha value is -0.610. The molecule has 18 heavy (non-hydrogen) atoms. The van der Waals surface area contributed by atoms with E-state index < -0.39 is 0 Å². The van der Waals surface area contributed by atoms with E-state index in [0.717, 1.165) is 45.4 Å². The van der Waals surface area contributed by atoms with Gasteiger partial charge in [-0.05, 0) is 38.5 Å². The normalized spacial score (nSPS) is 36.6. The highest BCUT2D eigenvalue weighted by molar-refractivity contribution is 5.83. The van der Waals surface area contributed by atoms with Gasteiger partial charge in [-0.1, -0.05) is 6.42 Å². The zero-order valence-electron chi connectivity index (χ0n) is 11.7. The fraction of sp³-hybridized carbons (Fsp3) is 0.929. The summed E-state index contributed by atoms with van der Waals surface area (Å²) >= 11 is 0. The fourth-order valence-electron chi connectivity index (χ4n) is 3.32. The maximum atomic E-state index is 12.6. The van der Waals surface area contributed by atoms with Crippen LogP contribution in [0.15, 0.2) is 0 Å². The van der Waals surface area contributed by atoms with Crippen LogP contribution in [0.25, 0.3) is 0 Å². The summed E-state index contributed by atoms with van der Waals surface area (Å²) in [6, 6.07) is 0.0232. The molecule has 3 atom stereocenters. The van der Waals surface area contributed by atoms with Gasteiger partial charge in [0.05, 0.1) is 12.0 Å². The van der Waals surface area contributed by atoms with Gasteiger partial charge in [-0.15, -0.1) is 0 Å². The third-order valence-electron chi connectivity index (χ3n) is 4.65. The molecule has 104 valence electrons. The van der Waals surface area contributed by atoms with E-state index in [2.05, 4.69) is 0 Å². The Morgan fingerprint density at radius 1 is 1.44 bits per heavy atom. The van der Waals surface area contributed by atoms with E-state index in [1.807, 2.05) is 18.9 Å². The van der Waals surface area contributed by atoms with Gasteiger partial charge >= 0.3 is 0 Å². The average Bonchev–Trinajstić information content (AvgIpc) is 2.71. The van der Waals surface area contributed by atoms with Gasteiger partial charge in [0.2, 0.25) is 5.91 Å². The molecule has 1 amide bonds. The van der Waals surface area contributed by atoms with E-state index in [9.17, 15) is 4.79 Å². The van der Waals surface area contributed by atoms with Gasteiger partial charge in [-0.25, -0.2) is 0 Å². The van der Waals surface area contributed by atoms with Crippen molar-refractivity contribution in [2.75, 3.05) is 26.8 Å². The molecule has 1 saturated heterocycles. The molecule has 0 spiro atoms. The van der Waals surface area contributed by atoms with Gasteiger partial charge < -0.3 is 15.4 Å². The summed E-state index contributed by atoms with van der Waals surface area (Å²) < 4.78 is 5.47. The Bertz CT molecular complexity index is 302. The Kier molecular flexibility index (Phi) is 4.28. The molecule has 1 heterocycles. The monoisotopic (exact) mass is 254 g/mol. The Morgan fingerprint density at radius 3 is 2.78 bits per heavy atom. The molecule has 2 N–H and O–H groups in total. The SMILES string of the molecule is CN(CC1CCCOC1)C(=O)C1(C)CCCC1N. The van der Waals surface area contributed by atoms with Crippen LogP contribution in [0.1, 0.15) is 39.0 Å². The minimum absolute atomic E-state index is 0.0232. The zero-order chi connectivity index (χ0) is 13.2. The minimum Gasteiger partial charge on any atom is -0.381 e. The standard InChI is InChI=1S/C14H26N2O2/c1-14(7-3-6-12(14)15)13(17)16(2)9-11-5-4-8-18-10-11/h11-12H,3-10,15H2,1-2H3. The van der Waals surface area contributed by atoms with Crippen molar-refractivity contribution in [1.82, 2.24) is 4.90 Å². The largest absolute Gasteiger partial charge is 0.381 e. The molecule has 0 radical (unpaired) electrons. The van der Waals surface area contributed by atoms with E-state index in [4.69, 9.17) is 10.5 Å². The van der Waals surface area contributed by atoms with Crippen LogP contribution in [0, 0.1) is 11.3 Å². The third-order valence-corrected chi connectivity index (χ3v) is 4.65. The molecule has 0 aromatic rings. The summed E-state index contributed by atoms with van der Waals surface area (Å²) in [5.74, 6) is 0.715. The molecule has 0 bridgehead atoms. The number of hydrogen-bond acceptors (Lipinski definition) is 3. The number of ether oxygens (including phenoxy) is 1.